The summed E-state index contributed by atoms with van der Waals surface area (Å²) in [6.45, 7) is 2.76. The fourth-order valence-electron chi connectivity index (χ4n) is 3.84. The van der Waals surface area contributed by atoms with E-state index in [1.165, 1.54) is 12.3 Å². The number of alkyl halides is 1. The summed E-state index contributed by atoms with van der Waals surface area (Å²) in [7, 11) is -9.64. The minimum atomic E-state index is -4.88. The van der Waals surface area contributed by atoms with Gasteiger partial charge in [-0.15, -0.1) is 0 Å². The number of nitrogens with zero attached hydrogens (tertiary/aromatic N) is 3. The third kappa shape index (κ3) is 8.40. The number of anilines is 1. The second-order valence-corrected chi connectivity index (χ2v) is 13.2. The molecular formula is C23H30ClFN4O8P2. The lowest BCUT2D eigenvalue weighted by molar-refractivity contribution is -0.0413. The molecule has 214 valence electrons. The molecule has 1 aromatic carbocycles. The first-order valence-electron chi connectivity index (χ1n) is 11.8. The van der Waals surface area contributed by atoms with Crippen LogP contribution >= 0.6 is 26.8 Å². The molecule has 0 bridgehead atoms. The molecule has 3 rings (SSSR count). The zero-order chi connectivity index (χ0) is 29.0. The van der Waals surface area contributed by atoms with Crippen LogP contribution in [-0.4, -0.2) is 64.4 Å². The molecule has 0 fully saturated rings. The summed E-state index contributed by atoms with van der Waals surface area (Å²) in [5.41, 5.74) is 1.33. The van der Waals surface area contributed by atoms with Gasteiger partial charge in [0.15, 0.2) is 23.9 Å². The van der Waals surface area contributed by atoms with Crippen molar-refractivity contribution in [3.8, 4) is 0 Å². The number of fused-ring (bicyclic) bond motifs is 1. The fourth-order valence-corrected chi connectivity index (χ4v) is 6.57. The molecule has 5 atom stereocenters. The van der Waals surface area contributed by atoms with Crippen LogP contribution in [0.2, 0.25) is 5.15 Å². The highest BCUT2D eigenvalue weighted by atomic mass is 35.5. The molecule has 0 amide bonds. The summed E-state index contributed by atoms with van der Waals surface area (Å²) < 4.78 is 44.0. The molecule has 39 heavy (non-hydrogen) atoms. The van der Waals surface area contributed by atoms with Crippen LogP contribution in [0.4, 0.5) is 10.1 Å². The van der Waals surface area contributed by atoms with Gasteiger partial charge in [-0.25, -0.2) is 14.1 Å². The summed E-state index contributed by atoms with van der Waals surface area (Å²) in [5.74, 6) is -1.44. The van der Waals surface area contributed by atoms with Crippen LogP contribution < -0.4 is 5.32 Å². The van der Waals surface area contributed by atoms with Gasteiger partial charge in [-0.3, -0.25) is 9.13 Å². The molecule has 2 heterocycles. The second-order valence-electron chi connectivity index (χ2n) is 8.80. The maximum atomic E-state index is 15.4. The number of nitrogens with one attached hydrogen (secondary N) is 1. The van der Waals surface area contributed by atoms with E-state index < -0.39 is 46.2 Å². The Morgan fingerprint density at radius 3 is 2.51 bits per heavy atom. The molecule has 12 nitrogen and oxygen atoms in total. The quantitative estimate of drug-likeness (QED) is 0.0933. The van der Waals surface area contributed by atoms with Gasteiger partial charge in [0.1, 0.15) is 11.3 Å². The van der Waals surface area contributed by atoms with Gasteiger partial charge in [0.2, 0.25) is 0 Å². The average Bonchev–Trinajstić information content (AvgIpc) is 3.28. The topological polar surface area (TPSA) is 187 Å². The molecule has 0 radical (unpaired) electrons. The van der Waals surface area contributed by atoms with Gasteiger partial charge in [-0.05, 0) is 30.5 Å². The minimum Gasteiger partial charge on any atom is -0.385 e. The molecule has 0 aliphatic rings. The monoisotopic (exact) mass is 606 g/mol. The van der Waals surface area contributed by atoms with Gasteiger partial charge in [-0.1, -0.05) is 54.9 Å². The summed E-state index contributed by atoms with van der Waals surface area (Å²) in [6, 6.07) is 11.0. The Morgan fingerprint density at radius 2 is 1.90 bits per heavy atom. The van der Waals surface area contributed by atoms with Crippen molar-refractivity contribution < 1.29 is 42.9 Å². The van der Waals surface area contributed by atoms with Crippen LogP contribution in [0.3, 0.4) is 0 Å². The first kappa shape index (κ1) is 31.3. The predicted octanol–water partition coefficient (Wildman–Crippen LogP) is 4.12. The van der Waals surface area contributed by atoms with E-state index in [0.717, 1.165) is 10.2 Å². The lowest BCUT2D eigenvalue weighted by Gasteiger charge is -2.24. The highest BCUT2D eigenvalue weighted by molar-refractivity contribution is 7.70. The number of hydrogen-bond acceptors (Lipinski definition) is 8. The Labute approximate surface area is 228 Å². The third-order valence-corrected chi connectivity index (χ3v) is 9.32. The first-order chi connectivity index (χ1) is 18.2. The first-order valence-corrected chi connectivity index (χ1v) is 15.7. The molecule has 0 aliphatic heterocycles. The van der Waals surface area contributed by atoms with E-state index in [0.29, 0.717) is 11.1 Å². The van der Waals surface area contributed by atoms with Crippen molar-refractivity contribution in [2.24, 2.45) is 0 Å². The summed E-state index contributed by atoms with van der Waals surface area (Å²) in [4.78, 5) is 31.7. The highest BCUT2D eigenvalue weighted by Crippen LogP contribution is 2.55. The van der Waals surface area contributed by atoms with E-state index in [1.54, 1.807) is 13.0 Å². The van der Waals surface area contributed by atoms with Crippen LogP contribution in [0.25, 0.3) is 11.0 Å². The molecular weight excluding hydrogens is 577 g/mol. The van der Waals surface area contributed by atoms with Crippen LogP contribution in [0.15, 0.2) is 54.2 Å². The Balaban J connectivity index is 1.83. The predicted molar refractivity (Wildman–Crippen MR) is 144 cm³/mol. The van der Waals surface area contributed by atoms with Crippen molar-refractivity contribution in [1.82, 2.24) is 14.8 Å². The largest absolute Gasteiger partial charge is 0.385 e. The molecule has 6 N–H and O–H groups in total. The number of rotatable bonds is 13. The lowest BCUT2D eigenvalue weighted by Crippen LogP contribution is -2.35. The number of aliphatic hydroxyl groups excluding tert-OH is 2. The van der Waals surface area contributed by atoms with Crippen LogP contribution in [0.5, 0.6) is 0 Å². The number of hydrogen-bond donors (Lipinski definition) is 6. The maximum absolute atomic E-state index is 15.4. The molecule has 3 aromatic rings. The van der Waals surface area contributed by atoms with Crippen molar-refractivity contribution in [1.29, 1.82) is 0 Å². The Kier molecular flexibility index (Phi) is 10.4. The number of aliphatic hydroxyl groups is 2. The van der Waals surface area contributed by atoms with E-state index in [1.807, 2.05) is 37.3 Å². The van der Waals surface area contributed by atoms with Crippen LogP contribution in [0.1, 0.15) is 38.1 Å². The van der Waals surface area contributed by atoms with Crippen LogP contribution in [0, 0.1) is 0 Å². The van der Waals surface area contributed by atoms with Gasteiger partial charge >= 0.3 is 15.2 Å². The summed E-state index contributed by atoms with van der Waals surface area (Å²) >= 11 is 6.20. The maximum Gasteiger partial charge on any atom is 0.340 e. The van der Waals surface area contributed by atoms with E-state index in [9.17, 15) is 24.2 Å². The van der Waals surface area contributed by atoms with Gasteiger partial charge in [0.05, 0.1) is 23.9 Å². The number of aromatic nitrogens is 3. The highest BCUT2D eigenvalue weighted by Gasteiger charge is 2.35. The summed E-state index contributed by atoms with van der Waals surface area (Å²) in [6.07, 6.45) is -3.57. The van der Waals surface area contributed by atoms with Gasteiger partial charge < -0.3 is 34.7 Å². The minimum absolute atomic E-state index is 0.0337. The Hall–Kier alpha value is -2.18. The molecule has 0 saturated heterocycles. The van der Waals surface area contributed by atoms with Crippen molar-refractivity contribution in [2.75, 3.05) is 17.8 Å². The molecule has 0 aliphatic carbocycles. The smallest absolute Gasteiger partial charge is 0.340 e. The van der Waals surface area contributed by atoms with Crippen molar-refractivity contribution in [3.63, 3.8) is 0 Å². The van der Waals surface area contributed by atoms with Gasteiger partial charge in [0.25, 0.3) is 0 Å². The Morgan fingerprint density at radius 1 is 1.23 bits per heavy atom. The Bertz CT molecular complexity index is 1400. The molecule has 0 saturated carbocycles. The van der Waals surface area contributed by atoms with Gasteiger partial charge in [-0.2, -0.15) is 5.10 Å². The number of allylic oxidation sites excluding steroid dienone is 1. The molecule has 1 unspecified atom stereocenters. The second kappa shape index (κ2) is 13.0. The van der Waals surface area contributed by atoms with E-state index in [2.05, 4.69) is 15.4 Å². The molecule has 2 aromatic heterocycles. The number of benzene rings is 1. The number of halogens is 2. The van der Waals surface area contributed by atoms with E-state index >= 15 is 4.39 Å². The normalized spacial score (nSPS) is 17.4. The van der Waals surface area contributed by atoms with E-state index in [4.69, 9.17) is 25.9 Å². The van der Waals surface area contributed by atoms with Crippen LogP contribution in [-0.2, 0) is 13.7 Å². The fraction of sp³-hybridized carbons (Fsp3) is 0.391. The number of pyridine rings is 1. The van der Waals surface area contributed by atoms with Gasteiger partial charge in [0, 0.05) is 6.04 Å². The molecule has 0 spiro atoms. The van der Waals surface area contributed by atoms with E-state index in [-0.39, 0.29) is 28.8 Å². The zero-order valence-electron chi connectivity index (χ0n) is 21.0. The standard InChI is InChI=1S/C23H30ClFN4O8P2/c1-3-7-16(12-37-39(35,36)13-38(32,33)34)21(30)20(25)23(31)29-22-17(11-26-29)18(10-19(24)28-22)27-14(2)15-8-5-4-6-9-15/h4-11,14,20-21,23,30-31H,3,12-13H2,1-2H3,(H,27,28)(H,35,36)(H2,32,33,34)/b16-7-/t14-,20+,21-,23-/m1/s1. The summed E-state index contributed by atoms with van der Waals surface area (Å²) in [5, 5.41) is 29.2. The molecule has 16 heteroatoms. The average molecular weight is 607 g/mol. The third-order valence-electron chi connectivity index (χ3n) is 5.69. The lowest BCUT2D eigenvalue weighted by atomic mass is 10.0. The SMILES string of the molecule is CC/C=C(/COP(=O)(O)CP(=O)(O)O)[C@@H](O)[C@H](F)[C@@H](O)n1ncc2c(N[C@H](C)c3ccccc3)cc(Cl)nc21. The van der Waals surface area contributed by atoms with Crippen molar-refractivity contribution in [3.05, 3.63) is 65.0 Å². The zero-order valence-corrected chi connectivity index (χ0v) is 23.5. The van der Waals surface area contributed by atoms with Crippen molar-refractivity contribution >= 4 is 43.5 Å². The van der Waals surface area contributed by atoms with Crippen molar-refractivity contribution in [2.45, 2.75) is 44.8 Å².